The van der Waals surface area contributed by atoms with E-state index in [1.807, 2.05) is 16.9 Å². The minimum Gasteiger partial charge on any atom is -0.482 e. The third-order valence-corrected chi connectivity index (χ3v) is 3.08. The van der Waals surface area contributed by atoms with E-state index in [1.165, 1.54) is 6.20 Å². The van der Waals surface area contributed by atoms with Gasteiger partial charge in [-0.05, 0) is 31.0 Å². The van der Waals surface area contributed by atoms with E-state index in [4.69, 9.17) is 4.74 Å². The molecule has 0 amide bonds. The highest BCUT2D eigenvalue weighted by Gasteiger charge is 2.09. The molecular weight excluding hydrogens is 245 g/mol. The monoisotopic (exact) mass is 263 g/mol. The molecule has 0 aliphatic carbocycles. The summed E-state index contributed by atoms with van der Waals surface area (Å²) in [5.74, 6) is -0.443. The molecule has 2 rings (SSSR count). The van der Waals surface area contributed by atoms with Gasteiger partial charge in [-0.1, -0.05) is 13.8 Å². The van der Waals surface area contributed by atoms with E-state index in [2.05, 4.69) is 23.9 Å². The summed E-state index contributed by atoms with van der Waals surface area (Å²) in [6.07, 6.45) is 5.41. The van der Waals surface area contributed by atoms with Crippen molar-refractivity contribution in [3.8, 4) is 5.75 Å². The lowest BCUT2D eigenvalue weighted by atomic mass is 10.2. The van der Waals surface area contributed by atoms with Crippen LogP contribution in [-0.4, -0.2) is 14.8 Å². The molecule has 0 saturated heterocycles. The number of halogens is 1. The number of pyridine rings is 1. The SMILES string of the molecule is CCC(CC)n1ccc(COc2cccnc2F)n1. The summed E-state index contributed by atoms with van der Waals surface area (Å²) in [6, 6.07) is 5.50. The van der Waals surface area contributed by atoms with Crippen LogP contribution in [-0.2, 0) is 6.61 Å². The van der Waals surface area contributed by atoms with E-state index < -0.39 is 5.95 Å². The number of nitrogens with zero attached hydrogens (tertiary/aromatic N) is 3. The van der Waals surface area contributed by atoms with Crippen molar-refractivity contribution < 1.29 is 9.13 Å². The molecule has 2 heterocycles. The zero-order valence-corrected chi connectivity index (χ0v) is 11.2. The highest BCUT2D eigenvalue weighted by atomic mass is 19.1. The third-order valence-electron chi connectivity index (χ3n) is 3.08. The van der Waals surface area contributed by atoms with Gasteiger partial charge >= 0.3 is 0 Å². The Kier molecular flexibility index (Phi) is 4.49. The van der Waals surface area contributed by atoms with Gasteiger partial charge in [-0.2, -0.15) is 9.49 Å². The summed E-state index contributed by atoms with van der Waals surface area (Å²) in [6.45, 7) is 4.52. The fourth-order valence-electron chi connectivity index (χ4n) is 1.95. The number of hydrogen-bond acceptors (Lipinski definition) is 3. The maximum absolute atomic E-state index is 13.3. The molecule has 0 fully saturated rings. The molecule has 0 aliphatic rings. The first-order chi connectivity index (χ1) is 9.24. The number of rotatable bonds is 6. The second-order valence-corrected chi connectivity index (χ2v) is 4.34. The summed E-state index contributed by atoms with van der Waals surface area (Å²) in [5, 5.41) is 4.45. The number of aromatic nitrogens is 3. The van der Waals surface area contributed by atoms with Crippen LogP contribution in [0.5, 0.6) is 5.75 Å². The third kappa shape index (κ3) is 3.30. The lowest BCUT2D eigenvalue weighted by Gasteiger charge is -2.12. The van der Waals surface area contributed by atoms with Crippen LogP contribution < -0.4 is 4.74 Å². The Morgan fingerprint density at radius 1 is 1.32 bits per heavy atom. The molecule has 0 aliphatic heterocycles. The van der Waals surface area contributed by atoms with Gasteiger partial charge in [0.25, 0.3) is 5.95 Å². The van der Waals surface area contributed by atoms with Crippen LogP contribution in [0.3, 0.4) is 0 Å². The first kappa shape index (κ1) is 13.5. The van der Waals surface area contributed by atoms with E-state index in [0.717, 1.165) is 18.5 Å². The molecule has 0 spiro atoms. The van der Waals surface area contributed by atoms with E-state index in [9.17, 15) is 4.39 Å². The van der Waals surface area contributed by atoms with Gasteiger partial charge in [0.1, 0.15) is 6.61 Å². The average Bonchev–Trinajstić information content (AvgIpc) is 2.88. The van der Waals surface area contributed by atoms with Crippen LogP contribution >= 0.6 is 0 Å². The topological polar surface area (TPSA) is 39.9 Å². The standard InChI is InChI=1S/C14H18FN3O/c1-3-12(4-2)18-9-7-11(17-18)10-19-13-6-5-8-16-14(13)15/h5-9,12H,3-4,10H2,1-2H3. The van der Waals surface area contributed by atoms with Gasteiger partial charge in [0.15, 0.2) is 5.75 Å². The Morgan fingerprint density at radius 3 is 2.79 bits per heavy atom. The summed E-state index contributed by atoms with van der Waals surface area (Å²) in [5.41, 5.74) is 0.787. The zero-order valence-electron chi connectivity index (χ0n) is 11.2. The summed E-state index contributed by atoms with van der Waals surface area (Å²) in [7, 11) is 0. The Morgan fingerprint density at radius 2 is 2.11 bits per heavy atom. The van der Waals surface area contributed by atoms with Gasteiger partial charge in [0, 0.05) is 12.4 Å². The summed E-state index contributed by atoms with van der Waals surface area (Å²) >= 11 is 0. The van der Waals surface area contributed by atoms with Crippen LogP contribution in [0.2, 0.25) is 0 Å². The Hall–Kier alpha value is -1.91. The Bertz CT molecular complexity index is 523. The molecule has 19 heavy (non-hydrogen) atoms. The Balaban J connectivity index is 1.99. The zero-order chi connectivity index (χ0) is 13.7. The van der Waals surface area contributed by atoms with Gasteiger partial charge in [-0.3, -0.25) is 4.68 Å². The molecule has 0 bridgehead atoms. The molecular formula is C14H18FN3O. The highest BCUT2D eigenvalue weighted by Crippen LogP contribution is 2.17. The van der Waals surface area contributed by atoms with Crippen LogP contribution in [0.1, 0.15) is 38.4 Å². The molecule has 4 nitrogen and oxygen atoms in total. The van der Waals surface area contributed by atoms with E-state index in [-0.39, 0.29) is 12.4 Å². The van der Waals surface area contributed by atoms with Gasteiger partial charge in [0.2, 0.25) is 0 Å². The van der Waals surface area contributed by atoms with Crippen molar-refractivity contribution >= 4 is 0 Å². The minimum absolute atomic E-state index is 0.152. The fourth-order valence-corrected chi connectivity index (χ4v) is 1.95. The molecule has 0 N–H and O–H groups in total. The normalized spacial score (nSPS) is 10.9. The van der Waals surface area contributed by atoms with Gasteiger partial charge in [-0.15, -0.1) is 0 Å². The minimum atomic E-state index is -0.595. The number of hydrogen-bond donors (Lipinski definition) is 0. The smallest absolute Gasteiger partial charge is 0.255 e. The van der Waals surface area contributed by atoms with Gasteiger partial charge in [0.05, 0.1) is 11.7 Å². The maximum atomic E-state index is 13.3. The van der Waals surface area contributed by atoms with E-state index in [0.29, 0.717) is 6.04 Å². The average molecular weight is 263 g/mol. The van der Waals surface area contributed by atoms with Crippen LogP contribution in [0, 0.1) is 5.95 Å². The molecule has 0 saturated carbocycles. The number of ether oxygens (including phenoxy) is 1. The second-order valence-electron chi connectivity index (χ2n) is 4.34. The van der Waals surface area contributed by atoms with Crippen molar-refractivity contribution in [3.05, 3.63) is 42.2 Å². The van der Waals surface area contributed by atoms with Gasteiger partial charge < -0.3 is 4.74 Å². The molecule has 2 aromatic rings. The van der Waals surface area contributed by atoms with Gasteiger partial charge in [-0.25, -0.2) is 4.98 Å². The first-order valence-electron chi connectivity index (χ1n) is 6.52. The fraction of sp³-hybridized carbons (Fsp3) is 0.429. The van der Waals surface area contributed by atoms with Crippen molar-refractivity contribution in [2.45, 2.75) is 39.3 Å². The largest absolute Gasteiger partial charge is 0.482 e. The highest BCUT2D eigenvalue weighted by molar-refractivity contribution is 5.18. The summed E-state index contributed by atoms with van der Waals surface area (Å²) in [4.78, 5) is 3.53. The van der Waals surface area contributed by atoms with Crippen molar-refractivity contribution in [3.63, 3.8) is 0 Å². The van der Waals surface area contributed by atoms with Crippen molar-refractivity contribution in [2.75, 3.05) is 0 Å². The van der Waals surface area contributed by atoms with Crippen molar-refractivity contribution in [1.29, 1.82) is 0 Å². The molecule has 2 aromatic heterocycles. The molecule has 0 aromatic carbocycles. The van der Waals surface area contributed by atoms with Crippen molar-refractivity contribution in [1.82, 2.24) is 14.8 Å². The first-order valence-corrected chi connectivity index (χ1v) is 6.52. The van der Waals surface area contributed by atoms with E-state index >= 15 is 0 Å². The van der Waals surface area contributed by atoms with Crippen molar-refractivity contribution in [2.24, 2.45) is 0 Å². The molecule has 5 heteroatoms. The van der Waals surface area contributed by atoms with Crippen LogP contribution in [0.15, 0.2) is 30.6 Å². The summed E-state index contributed by atoms with van der Waals surface area (Å²) < 4.78 is 20.6. The maximum Gasteiger partial charge on any atom is 0.255 e. The lowest BCUT2D eigenvalue weighted by molar-refractivity contribution is 0.278. The second kappa shape index (κ2) is 6.31. The Labute approximate surface area is 112 Å². The molecule has 0 atom stereocenters. The van der Waals surface area contributed by atoms with Crippen LogP contribution in [0.25, 0.3) is 0 Å². The lowest BCUT2D eigenvalue weighted by Crippen LogP contribution is -2.08. The van der Waals surface area contributed by atoms with E-state index in [1.54, 1.807) is 12.1 Å². The quantitative estimate of drug-likeness (QED) is 0.750. The molecule has 0 radical (unpaired) electrons. The molecule has 0 unspecified atom stereocenters. The molecule has 102 valence electrons. The predicted octanol–water partition coefficient (Wildman–Crippen LogP) is 3.36. The van der Waals surface area contributed by atoms with Crippen LogP contribution in [0.4, 0.5) is 4.39 Å². The predicted molar refractivity (Wildman–Crippen MR) is 70.4 cm³/mol.